The molecule has 0 saturated heterocycles. The molecule has 0 spiro atoms. The number of rotatable bonds is 0. The van der Waals surface area contributed by atoms with Crippen molar-refractivity contribution in [1.82, 2.24) is 0 Å². The molecule has 0 aromatic heterocycles. The van der Waals surface area contributed by atoms with Crippen LogP contribution in [0.1, 0.15) is 0 Å². The summed E-state index contributed by atoms with van der Waals surface area (Å²) in [5, 5.41) is 21.0. The van der Waals surface area contributed by atoms with E-state index in [-0.39, 0.29) is 0 Å². The Labute approximate surface area is 66.8 Å². The molecule has 0 bridgehead atoms. The third kappa shape index (κ3) is 259. The van der Waals surface area contributed by atoms with Crippen LogP contribution in [0.2, 0.25) is 0 Å². The summed E-state index contributed by atoms with van der Waals surface area (Å²) in [5.74, 6) is 0. The summed E-state index contributed by atoms with van der Waals surface area (Å²) in [6.45, 7) is 0. The molecule has 0 unspecified atom stereocenters. The molecule has 0 aliphatic rings. The van der Waals surface area contributed by atoms with E-state index in [1.807, 2.05) is 0 Å². The van der Waals surface area contributed by atoms with Gasteiger partial charge in [-0.1, -0.05) is 0 Å². The van der Waals surface area contributed by atoms with Gasteiger partial charge in [0, 0.05) is 21.3 Å². The molecule has 0 rings (SSSR count). The number of halogens is 1. The Hall–Kier alpha value is 0.983. The Morgan fingerprint density at radius 2 is 0.750 bits per heavy atom. The van der Waals surface area contributed by atoms with E-state index in [4.69, 9.17) is 15.3 Å². The number of hydrogen-bond acceptors (Lipinski definition) is 3. The molecule has 0 saturated carbocycles. The van der Waals surface area contributed by atoms with Crippen LogP contribution in [0.3, 0.4) is 0 Å². The van der Waals surface area contributed by atoms with Gasteiger partial charge in [0.1, 0.15) is 0 Å². The van der Waals surface area contributed by atoms with Gasteiger partial charge in [-0.05, 0) is 0 Å². The maximum absolute atomic E-state index is 7.00. The zero-order chi connectivity index (χ0) is 8.00. The average molecular weight is 277 g/mol. The second kappa shape index (κ2) is 403. The van der Waals surface area contributed by atoms with E-state index >= 15 is 0 Å². The molecular weight excluding hydrogens is 265 g/mol. The van der Waals surface area contributed by atoms with Gasteiger partial charge in [-0.2, -0.15) is 0 Å². The molecule has 0 heterocycles. The normalized spacial score (nSPS) is 3.00. The van der Waals surface area contributed by atoms with Crippen LogP contribution in [-0.4, -0.2) is 36.6 Å². The van der Waals surface area contributed by atoms with Gasteiger partial charge in [-0.15, -0.1) is 0 Å². The van der Waals surface area contributed by atoms with Crippen molar-refractivity contribution in [3.8, 4) is 0 Å². The van der Waals surface area contributed by atoms with E-state index in [1.165, 1.54) is 0 Å². The fraction of sp³-hybridized carbons (Fsp3) is 1.00. The van der Waals surface area contributed by atoms with Crippen molar-refractivity contribution >= 4 is 13.6 Å². The Morgan fingerprint density at radius 1 is 0.750 bits per heavy atom. The molecule has 0 aromatic rings. The number of aliphatic hydroxyl groups is 3. The summed E-state index contributed by atoms with van der Waals surface area (Å²) in [5.41, 5.74) is 0. The average Bonchev–Trinajstić information content (AvgIpc) is 2.03. The summed E-state index contributed by atoms with van der Waals surface area (Å²) in [7, 11) is 3.00. The van der Waals surface area contributed by atoms with Crippen molar-refractivity contribution in [2.75, 3.05) is 21.3 Å². The van der Waals surface area contributed by atoms with Gasteiger partial charge >= 0.3 is 30.0 Å². The van der Waals surface area contributed by atoms with Crippen LogP contribution in [0.4, 0.5) is 0 Å². The van der Waals surface area contributed by atoms with Gasteiger partial charge in [0.25, 0.3) is 0 Å². The SMILES string of the molecule is CO.CO.CO.[Br][Ru]. The first-order valence-electron chi connectivity index (χ1n) is 1.48. The van der Waals surface area contributed by atoms with Crippen molar-refractivity contribution in [2.24, 2.45) is 0 Å². The van der Waals surface area contributed by atoms with Gasteiger partial charge in [0.15, 0.2) is 0 Å². The minimum atomic E-state index is 1.00. The predicted octanol–water partition coefficient (Wildman–Crippen LogP) is -0.331. The first kappa shape index (κ1) is 23.1. The van der Waals surface area contributed by atoms with Crippen LogP contribution in [0.5, 0.6) is 0 Å². The third-order valence-electron chi connectivity index (χ3n) is 0. The second-order valence-corrected chi connectivity index (χ2v) is 0. The number of hydrogen-bond donors (Lipinski definition) is 3. The summed E-state index contributed by atoms with van der Waals surface area (Å²) in [6.07, 6.45) is 0. The van der Waals surface area contributed by atoms with E-state index in [0.717, 1.165) is 21.3 Å². The molecule has 0 fully saturated rings. The van der Waals surface area contributed by atoms with Crippen LogP contribution in [-0.2, 0) is 16.3 Å². The van der Waals surface area contributed by atoms with Crippen LogP contribution in [0.15, 0.2) is 0 Å². The first-order valence-corrected chi connectivity index (χ1v) is 5.45. The molecule has 0 amide bonds. The monoisotopic (exact) mass is 277 g/mol. The standard InChI is InChI=1S/3CH4O.BrH.Ru/c3*1-2;;/h3*2H,1H3;1H;/q;;;;+1/p-1. The Kier molecular flexibility index (Phi) is 1160. The molecule has 57 valence electrons. The Morgan fingerprint density at radius 3 is 0.750 bits per heavy atom. The van der Waals surface area contributed by atoms with E-state index < -0.39 is 0 Å². The van der Waals surface area contributed by atoms with Crippen molar-refractivity contribution in [3.05, 3.63) is 0 Å². The summed E-state index contributed by atoms with van der Waals surface area (Å²) in [4.78, 5) is 0. The van der Waals surface area contributed by atoms with E-state index in [2.05, 4.69) is 30.0 Å². The van der Waals surface area contributed by atoms with Gasteiger partial charge < -0.3 is 15.3 Å². The molecule has 0 aromatic carbocycles. The second-order valence-electron chi connectivity index (χ2n) is 0. The van der Waals surface area contributed by atoms with Crippen LogP contribution in [0.25, 0.3) is 0 Å². The molecule has 3 nitrogen and oxygen atoms in total. The topological polar surface area (TPSA) is 60.7 Å². The third-order valence-corrected chi connectivity index (χ3v) is 0. The van der Waals surface area contributed by atoms with Gasteiger partial charge in [0.2, 0.25) is 0 Å². The summed E-state index contributed by atoms with van der Waals surface area (Å²) < 4.78 is 0. The molecule has 5 heteroatoms. The van der Waals surface area contributed by atoms with Gasteiger partial charge in [-0.3, -0.25) is 0 Å². The Bertz CT molecular complexity index is 14.5. The van der Waals surface area contributed by atoms with Crippen molar-refractivity contribution in [2.45, 2.75) is 0 Å². The Balaban J connectivity index is -0.0000000133. The maximum atomic E-state index is 7.00. The number of aliphatic hydroxyl groups excluding tert-OH is 3. The van der Waals surface area contributed by atoms with Crippen LogP contribution in [0, 0.1) is 0 Å². The van der Waals surface area contributed by atoms with Crippen LogP contribution < -0.4 is 0 Å². The fourth-order valence-corrected chi connectivity index (χ4v) is 0. The van der Waals surface area contributed by atoms with E-state index in [1.54, 1.807) is 0 Å². The van der Waals surface area contributed by atoms with Crippen molar-refractivity contribution < 1.29 is 31.7 Å². The van der Waals surface area contributed by atoms with Crippen molar-refractivity contribution in [1.29, 1.82) is 0 Å². The summed E-state index contributed by atoms with van der Waals surface area (Å²) >= 11 is 5.03. The van der Waals surface area contributed by atoms with Gasteiger partial charge in [0.05, 0.1) is 0 Å². The molecule has 8 heavy (non-hydrogen) atoms. The fourth-order valence-electron chi connectivity index (χ4n) is 0. The molecule has 0 aliphatic heterocycles. The molecule has 0 atom stereocenters. The zero-order valence-electron chi connectivity index (χ0n) is 5.07. The molecule has 3 N–H and O–H groups in total. The molecular formula is C3H12BrO3Ru. The van der Waals surface area contributed by atoms with Crippen LogP contribution >= 0.6 is 13.6 Å². The van der Waals surface area contributed by atoms with E-state index in [9.17, 15) is 0 Å². The molecule has 0 aliphatic carbocycles. The molecule has 0 radical (unpaired) electrons. The predicted molar refractivity (Wildman–Crippen MR) is 33.4 cm³/mol. The van der Waals surface area contributed by atoms with Crippen molar-refractivity contribution in [3.63, 3.8) is 0 Å². The summed E-state index contributed by atoms with van der Waals surface area (Å²) in [6, 6.07) is 0. The minimum absolute atomic E-state index is 1.00. The zero-order valence-corrected chi connectivity index (χ0v) is 8.40. The van der Waals surface area contributed by atoms with E-state index in [0.29, 0.717) is 0 Å². The van der Waals surface area contributed by atoms with Gasteiger partial charge in [-0.25, -0.2) is 0 Å². The quantitative estimate of drug-likeness (QED) is 0.531. The first-order chi connectivity index (χ1) is 4.00.